The Morgan fingerprint density at radius 1 is 1.15 bits per heavy atom. The number of hydrogen-bond acceptors (Lipinski definition) is 3. The van der Waals surface area contributed by atoms with E-state index in [1.807, 2.05) is 32.9 Å². The maximum atomic E-state index is 13.9. The zero-order valence-electron chi connectivity index (χ0n) is 12.0. The Morgan fingerprint density at radius 3 is 2.30 bits per heavy atom. The molecule has 0 saturated carbocycles. The van der Waals surface area contributed by atoms with Crippen molar-refractivity contribution in [2.75, 3.05) is 11.9 Å². The highest BCUT2D eigenvalue weighted by atomic mass is 79.9. The summed E-state index contributed by atoms with van der Waals surface area (Å²) >= 11 is 3.54. The number of halogens is 2. The van der Waals surface area contributed by atoms with Crippen molar-refractivity contribution in [2.24, 2.45) is 0 Å². The highest BCUT2D eigenvalue weighted by Gasteiger charge is 2.13. The molecule has 0 aliphatic rings. The number of hydrogen-bond donors (Lipinski definition) is 1. The minimum absolute atomic E-state index is 0.258. The zero-order valence-corrected chi connectivity index (χ0v) is 13.6. The third kappa shape index (κ3) is 2.82. The molecule has 3 nitrogen and oxygen atoms in total. The second-order valence-electron chi connectivity index (χ2n) is 4.75. The molecule has 1 aromatic heterocycles. The first-order valence-corrected chi connectivity index (χ1v) is 7.28. The minimum atomic E-state index is -0.388. The fourth-order valence-electron chi connectivity index (χ4n) is 2.05. The van der Waals surface area contributed by atoms with Crippen molar-refractivity contribution in [3.8, 4) is 11.4 Å². The van der Waals surface area contributed by atoms with Crippen LogP contribution in [0.3, 0.4) is 0 Å². The van der Waals surface area contributed by atoms with Crippen LogP contribution in [0.25, 0.3) is 11.4 Å². The van der Waals surface area contributed by atoms with Crippen LogP contribution in [0.2, 0.25) is 0 Å². The predicted molar refractivity (Wildman–Crippen MR) is 83.5 cm³/mol. The van der Waals surface area contributed by atoms with Crippen molar-refractivity contribution in [3.05, 3.63) is 39.2 Å². The second-order valence-corrected chi connectivity index (χ2v) is 5.54. The van der Waals surface area contributed by atoms with E-state index in [0.29, 0.717) is 18.1 Å². The lowest BCUT2D eigenvalue weighted by Crippen LogP contribution is -2.07. The summed E-state index contributed by atoms with van der Waals surface area (Å²) in [6.07, 6.45) is 0. The molecule has 0 saturated heterocycles. The van der Waals surface area contributed by atoms with E-state index in [4.69, 9.17) is 0 Å². The molecule has 0 unspecified atom stereocenters. The van der Waals surface area contributed by atoms with E-state index in [0.717, 1.165) is 21.2 Å². The molecule has 2 aromatic rings. The normalized spacial score (nSPS) is 10.7. The largest absolute Gasteiger partial charge is 0.368 e. The van der Waals surface area contributed by atoms with Gasteiger partial charge in [0.1, 0.15) is 0 Å². The van der Waals surface area contributed by atoms with Gasteiger partial charge in [0.2, 0.25) is 0 Å². The lowest BCUT2D eigenvalue weighted by molar-refractivity contribution is 0.606. The molecule has 0 spiro atoms. The van der Waals surface area contributed by atoms with Gasteiger partial charge in [0, 0.05) is 16.6 Å². The van der Waals surface area contributed by atoms with Crippen molar-refractivity contribution >= 4 is 21.7 Å². The van der Waals surface area contributed by atoms with Gasteiger partial charge in [-0.3, -0.25) is 0 Å². The standard InChI is InChI=1S/C15H17BrFN3/c1-5-18-15-13(17)10(4)19-14(20-15)11-6-8(2)12(16)9(3)7-11/h6-7H,5H2,1-4H3,(H,18,19,20). The number of anilines is 1. The van der Waals surface area contributed by atoms with E-state index in [-0.39, 0.29) is 11.6 Å². The summed E-state index contributed by atoms with van der Waals surface area (Å²) in [6, 6.07) is 4.00. The summed E-state index contributed by atoms with van der Waals surface area (Å²) in [6.45, 7) is 8.21. The maximum absolute atomic E-state index is 13.9. The molecule has 106 valence electrons. The van der Waals surface area contributed by atoms with Crippen molar-refractivity contribution in [3.63, 3.8) is 0 Å². The first kappa shape index (κ1) is 14.9. The van der Waals surface area contributed by atoms with Crippen molar-refractivity contribution < 1.29 is 4.39 Å². The van der Waals surface area contributed by atoms with Gasteiger partial charge in [-0.05, 0) is 51.0 Å². The van der Waals surface area contributed by atoms with Crippen LogP contribution in [-0.4, -0.2) is 16.5 Å². The van der Waals surface area contributed by atoms with Gasteiger partial charge < -0.3 is 5.32 Å². The SMILES string of the molecule is CCNc1nc(-c2cc(C)c(Br)c(C)c2)nc(C)c1F. The fourth-order valence-corrected chi connectivity index (χ4v) is 2.28. The Morgan fingerprint density at radius 2 is 1.75 bits per heavy atom. The number of rotatable bonds is 3. The number of aryl methyl sites for hydroxylation is 3. The Bertz CT molecular complexity index is 633. The molecular formula is C15H17BrFN3. The van der Waals surface area contributed by atoms with Gasteiger partial charge in [-0.15, -0.1) is 0 Å². The molecule has 1 N–H and O–H groups in total. The van der Waals surface area contributed by atoms with Crippen LogP contribution in [0, 0.1) is 26.6 Å². The zero-order chi connectivity index (χ0) is 14.9. The molecule has 0 aliphatic heterocycles. The second kappa shape index (κ2) is 5.87. The quantitative estimate of drug-likeness (QED) is 0.901. The summed E-state index contributed by atoms with van der Waals surface area (Å²) in [7, 11) is 0. The highest BCUT2D eigenvalue weighted by molar-refractivity contribution is 9.10. The topological polar surface area (TPSA) is 37.8 Å². The van der Waals surface area contributed by atoms with Crippen LogP contribution in [0.4, 0.5) is 10.2 Å². The predicted octanol–water partition coefficient (Wildman–Crippen LogP) is 4.40. The summed E-state index contributed by atoms with van der Waals surface area (Å²) in [4.78, 5) is 8.55. The van der Waals surface area contributed by atoms with E-state index in [2.05, 4.69) is 31.2 Å². The molecule has 2 rings (SSSR count). The van der Waals surface area contributed by atoms with Gasteiger partial charge in [0.15, 0.2) is 17.5 Å². The number of nitrogens with zero attached hydrogens (tertiary/aromatic N) is 2. The van der Waals surface area contributed by atoms with Crippen LogP contribution in [0.15, 0.2) is 16.6 Å². The van der Waals surface area contributed by atoms with Crippen molar-refractivity contribution in [1.82, 2.24) is 9.97 Å². The van der Waals surface area contributed by atoms with Gasteiger partial charge in [0.05, 0.1) is 5.69 Å². The number of nitrogens with one attached hydrogen (secondary N) is 1. The van der Waals surface area contributed by atoms with E-state index >= 15 is 0 Å². The summed E-state index contributed by atoms with van der Waals surface area (Å²) in [5.74, 6) is 0.410. The molecule has 0 bridgehead atoms. The third-order valence-corrected chi connectivity index (χ3v) is 4.31. The smallest absolute Gasteiger partial charge is 0.186 e. The highest BCUT2D eigenvalue weighted by Crippen LogP contribution is 2.28. The Hall–Kier alpha value is -1.49. The number of aromatic nitrogens is 2. The van der Waals surface area contributed by atoms with Gasteiger partial charge in [-0.1, -0.05) is 15.9 Å². The van der Waals surface area contributed by atoms with Crippen molar-refractivity contribution in [1.29, 1.82) is 0 Å². The Labute approximate surface area is 126 Å². The fraction of sp³-hybridized carbons (Fsp3) is 0.333. The molecule has 5 heteroatoms. The molecule has 1 heterocycles. The number of benzene rings is 1. The van der Waals surface area contributed by atoms with Crippen LogP contribution < -0.4 is 5.32 Å². The van der Waals surface area contributed by atoms with E-state index < -0.39 is 0 Å². The van der Waals surface area contributed by atoms with Gasteiger partial charge in [-0.25, -0.2) is 14.4 Å². The van der Waals surface area contributed by atoms with Crippen LogP contribution in [-0.2, 0) is 0 Å². The first-order valence-electron chi connectivity index (χ1n) is 6.49. The summed E-state index contributed by atoms with van der Waals surface area (Å²) < 4.78 is 15.0. The van der Waals surface area contributed by atoms with Crippen molar-refractivity contribution in [2.45, 2.75) is 27.7 Å². The molecular weight excluding hydrogens is 321 g/mol. The lowest BCUT2D eigenvalue weighted by Gasteiger charge is -2.11. The van der Waals surface area contributed by atoms with Gasteiger partial charge >= 0.3 is 0 Å². The van der Waals surface area contributed by atoms with Gasteiger partial charge in [-0.2, -0.15) is 0 Å². The van der Waals surface area contributed by atoms with Crippen LogP contribution in [0.5, 0.6) is 0 Å². The maximum Gasteiger partial charge on any atom is 0.186 e. The third-order valence-electron chi connectivity index (χ3n) is 3.06. The van der Waals surface area contributed by atoms with Gasteiger partial charge in [0.25, 0.3) is 0 Å². The first-order chi connectivity index (χ1) is 9.43. The van der Waals surface area contributed by atoms with E-state index in [1.165, 1.54) is 0 Å². The minimum Gasteiger partial charge on any atom is -0.368 e. The summed E-state index contributed by atoms with van der Waals surface area (Å²) in [5.41, 5.74) is 3.46. The summed E-state index contributed by atoms with van der Waals surface area (Å²) in [5, 5.41) is 2.93. The van der Waals surface area contributed by atoms with E-state index in [1.54, 1.807) is 6.92 Å². The molecule has 20 heavy (non-hydrogen) atoms. The molecule has 0 fully saturated rings. The molecule has 1 aromatic carbocycles. The van der Waals surface area contributed by atoms with Crippen LogP contribution in [0.1, 0.15) is 23.7 Å². The molecule has 0 radical (unpaired) electrons. The van der Waals surface area contributed by atoms with E-state index in [9.17, 15) is 4.39 Å². The Kier molecular flexibility index (Phi) is 4.38. The van der Waals surface area contributed by atoms with Crippen LogP contribution >= 0.6 is 15.9 Å². The average molecular weight is 338 g/mol. The monoisotopic (exact) mass is 337 g/mol. The molecule has 0 amide bonds. The molecule has 0 aliphatic carbocycles. The average Bonchev–Trinajstić information content (AvgIpc) is 2.40. The lowest BCUT2D eigenvalue weighted by atomic mass is 10.1. The Balaban J connectivity index is 2.58. The molecule has 0 atom stereocenters.